The van der Waals surface area contributed by atoms with Gasteiger partial charge >= 0.3 is 5.97 Å². The lowest BCUT2D eigenvalue weighted by molar-refractivity contribution is -0.139. The first-order valence-corrected chi connectivity index (χ1v) is 10.7. The number of hydrogen-bond donors (Lipinski definition) is 1. The molecular weight excluding hydrogens is 400 g/mol. The summed E-state index contributed by atoms with van der Waals surface area (Å²) in [5.41, 5.74) is 1.61. The molecule has 8 nitrogen and oxygen atoms in total. The highest BCUT2D eigenvalue weighted by Crippen LogP contribution is 2.55. The number of methoxy groups -OCH3 is 3. The van der Waals surface area contributed by atoms with E-state index in [4.69, 9.17) is 18.9 Å². The van der Waals surface area contributed by atoms with Gasteiger partial charge in [0.05, 0.1) is 44.7 Å². The van der Waals surface area contributed by atoms with E-state index in [0.29, 0.717) is 23.5 Å². The Balaban J connectivity index is 1.57. The molecule has 0 aliphatic carbocycles. The Labute approximate surface area is 181 Å². The molecule has 8 heteroatoms. The molecular formula is C23H28N2O6. The van der Waals surface area contributed by atoms with Crippen molar-refractivity contribution in [2.45, 2.75) is 37.3 Å². The molecule has 5 rings (SSSR count). The van der Waals surface area contributed by atoms with Crippen molar-refractivity contribution >= 4 is 17.6 Å². The number of amides is 1. The van der Waals surface area contributed by atoms with Gasteiger partial charge in [0, 0.05) is 36.2 Å². The third kappa shape index (κ3) is 2.70. The van der Waals surface area contributed by atoms with Gasteiger partial charge in [0.1, 0.15) is 0 Å². The molecule has 1 amide bonds. The van der Waals surface area contributed by atoms with E-state index in [1.165, 1.54) is 7.11 Å². The first kappa shape index (κ1) is 20.2. The summed E-state index contributed by atoms with van der Waals surface area (Å²) < 4.78 is 21.8. The SMILES string of the molecule is COC(=O)C1=CO[C@@H](C)[C@H]2CN3CC[C@@]4(C(=O)Nc5cc(OC)c(OC)cc54)[C@@H]3C[C@H]12. The van der Waals surface area contributed by atoms with Gasteiger partial charge in [-0.3, -0.25) is 9.69 Å². The quantitative estimate of drug-likeness (QED) is 0.738. The summed E-state index contributed by atoms with van der Waals surface area (Å²) in [5.74, 6) is 1.02. The number of carbonyl (C=O) groups excluding carboxylic acids is 2. The summed E-state index contributed by atoms with van der Waals surface area (Å²) in [6.45, 7) is 3.64. The highest BCUT2D eigenvalue weighted by molar-refractivity contribution is 6.07. The molecule has 4 aliphatic rings. The number of fused-ring (bicyclic) bond motifs is 5. The minimum atomic E-state index is -0.678. The molecule has 31 heavy (non-hydrogen) atoms. The Morgan fingerprint density at radius 1 is 1.23 bits per heavy atom. The van der Waals surface area contributed by atoms with Crippen molar-refractivity contribution in [2.24, 2.45) is 11.8 Å². The van der Waals surface area contributed by atoms with Gasteiger partial charge in [-0.05, 0) is 37.9 Å². The monoisotopic (exact) mass is 428 g/mol. The van der Waals surface area contributed by atoms with Crippen molar-refractivity contribution < 1.29 is 28.5 Å². The first-order valence-electron chi connectivity index (χ1n) is 10.7. The third-order valence-electron chi connectivity index (χ3n) is 7.73. The van der Waals surface area contributed by atoms with E-state index in [1.54, 1.807) is 20.5 Å². The van der Waals surface area contributed by atoms with Crippen LogP contribution in [0.4, 0.5) is 5.69 Å². The fourth-order valence-corrected chi connectivity index (χ4v) is 6.14. The van der Waals surface area contributed by atoms with Crippen molar-refractivity contribution in [3.8, 4) is 11.5 Å². The lowest BCUT2D eigenvalue weighted by atomic mass is 9.66. The minimum absolute atomic E-state index is 0.00459. The molecule has 2 fully saturated rings. The average Bonchev–Trinajstić information content (AvgIpc) is 3.29. The molecule has 1 aromatic rings. The predicted molar refractivity (Wildman–Crippen MR) is 112 cm³/mol. The Morgan fingerprint density at radius 2 is 1.97 bits per heavy atom. The van der Waals surface area contributed by atoms with Crippen LogP contribution < -0.4 is 14.8 Å². The maximum Gasteiger partial charge on any atom is 0.337 e. The first-order chi connectivity index (χ1) is 14.9. The normalized spacial score (nSPS) is 33.5. The molecule has 0 unspecified atom stereocenters. The largest absolute Gasteiger partial charge is 0.497 e. The molecule has 1 aromatic carbocycles. The minimum Gasteiger partial charge on any atom is -0.497 e. The van der Waals surface area contributed by atoms with Gasteiger partial charge in [-0.15, -0.1) is 0 Å². The molecule has 0 aromatic heterocycles. The van der Waals surface area contributed by atoms with Crippen LogP contribution in [-0.2, 0) is 24.5 Å². The smallest absolute Gasteiger partial charge is 0.337 e. The molecule has 0 bridgehead atoms. The Morgan fingerprint density at radius 3 is 2.68 bits per heavy atom. The summed E-state index contributed by atoms with van der Waals surface area (Å²) in [5, 5.41) is 3.08. The number of hydrogen-bond acceptors (Lipinski definition) is 7. The van der Waals surface area contributed by atoms with Gasteiger partial charge in [0.15, 0.2) is 11.5 Å². The van der Waals surface area contributed by atoms with E-state index in [2.05, 4.69) is 10.2 Å². The van der Waals surface area contributed by atoms with Gasteiger partial charge in [-0.25, -0.2) is 4.79 Å². The average molecular weight is 428 g/mol. The number of benzene rings is 1. The van der Waals surface area contributed by atoms with Crippen LogP contribution in [0.2, 0.25) is 0 Å². The van der Waals surface area contributed by atoms with Crippen molar-refractivity contribution in [3.05, 3.63) is 29.5 Å². The summed E-state index contributed by atoms with van der Waals surface area (Å²) >= 11 is 0. The van der Waals surface area contributed by atoms with Crippen LogP contribution in [0, 0.1) is 11.8 Å². The molecule has 2 saturated heterocycles. The molecule has 166 valence electrons. The highest BCUT2D eigenvalue weighted by atomic mass is 16.5. The zero-order valence-corrected chi connectivity index (χ0v) is 18.3. The van der Waals surface area contributed by atoms with Crippen molar-refractivity contribution in [3.63, 3.8) is 0 Å². The Bertz CT molecular complexity index is 975. The fourth-order valence-electron chi connectivity index (χ4n) is 6.14. The van der Waals surface area contributed by atoms with Crippen LogP contribution in [0.3, 0.4) is 0 Å². The number of nitrogens with one attached hydrogen (secondary N) is 1. The van der Waals surface area contributed by atoms with E-state index in [1.807, 2.05) is 19.1 Å². The van der Waals surface area contributed by atoms with Crippen LogP contribution >= 0.6 is 0 Å². The summed E-state index contributed by atoms with van der Waals surface area (Å²) in [4.78, 5) is 28.3. The molecule has 1 N–H and O–H groups in total. The van der Waals surface area contributed by atoms with Crippen molar-refractivity contribution in [2.75, 3.05) is 39.7 Å². The lowest BCUT2D eigenvalue weighted by Gasteiger charge is -2.48. The predicted octanol–water partition coefficient (Wildman–Crippen LogP) is 2.08. The zero-order chi connectivity index (χ0) is 21.9. The Hall–Kier alpha value is -2.74. The second kappa shape index (κ2) is 7.15. The second-order valence-corrected chi connectivity index (χ2v) is 8.85. The van der Waals surface area contributed by atoms with E-state index < -0.39 is 5.41 Å². The summed E-state index contributed by atoms with van der Waals surface area (Å²) in [6, 6.07) is 3.75. The summed E-state index contributed by atoms with van der Waals surface area (Å²) in [6.07, 6.45) is 2.98. The molecule has 4 heterocycles. The number of rotatable bonds is 3. The molecule has 0 saturated carbocycles. The molecule has 4 aliphatic heterocycles. The van der Waals surface area contributed by atoms with Gasteiger partial charge in [0.2, 0.25) is 5.91 Å². The lowest BCUT2D eigenvalue weighted by Crippen LogP contribution is -2.56. The standard InChI is InChI=1S/C23H28N2O6/c1-12-14-10-25-6-5-23(20(25)7-13(14)15(11-31-12)21(26)30-4)16-8-18(28-2)19(29-3)9-17(16)24-22(23)27/h8-9,11-14,20H,5-7,10H2,1-4H3,(H,24,27)/t12-,13-,14+,20-,23-/m0/s1. The third-order valence-corrected chi connectivity index (χ3v) is 7.73. The number of carbonyl (C=O) groups is 2. The van der Waals surface area contributed by atoms with E-state index in [9.17, 15) is 9.59 Å². The molecule has 1 spiro atoms. The van der Waals surface area contributed by atoms with Crippen LogP contribution in [0.25, 0.3) is 0 Å². The van der Waals surface area contributed by atoms with E-state index in [0.717, 1.165) is 30.8 Å². The van der Waals surface area contributed by atoms with E-state index >= 15 is 0 Å². The van der Waals surface area contributed by atoms with Crippen LogP contribution in [0.15, 0.2) is 24.0 Å². The van der Waals surface area contributed by atoms with Crippen LogP contribution in [0.5, 0.6) is 11.5 Å². The van der Waals surface area contributed by atoms with Gasteiger partial charge in [0.25, 0.3) is 0 Å². The van der Waals surface area contributed by atoms with Gasteiger partial charge in [-0.2, -0.15) is 0 Å². The van der Waals surface area contributed by atoms with Crippen molar-refractivity contribution in [1.82, 2.24) is 4.90 Å². The Kier molecular flexibility index (Phi) is 4.66. The van der Waals surface area contributed by atoms with Gasteiger partial charge in [-0.1, -0.05) is 0 Å². The topological polar surface area (TPSA) is 86.3 Å². The van der Waals surface area contributed by atoms with E-state index in [-0.39, 0.29) is 35.9 Å². The van der Waals surface area contributed by atoms with Crippen LogP contribution in [-0.4, -0.2) is 63.3 Å². The number of piperidine rings is 1. The second-order valence-electron chi connectivity index (χ2n) is 8.85. The summed E-state index contributed by atoms with van der Waals surface area (Å²) in [7, 11) is 4.58. The molecule has 5 atom stereocenters. The number of nitrogens with zero attached hydrogens (tertiary/aromatic N) is 1. The zero-order valence-electron chi connectivity index (χ0n) is 18.3. The maximum atomic E-state index is 13.5. The maximum absolute atomic E-state index is 13.5. The highest BCUT2D eigenvalue weighted by Gasteiger charge is 2.61. The number of esters is 1. The van der Waals surface area contributed by atoms with Crippen molar-refractivity contribution in [1.29, 1.82) is 0 Å². The fraction of sp³-hybridized carbons (Fsp3) is 0.565. The van der Waals surface area contributed by atoms with Gasteiger partial charge < -0.3 is 24.3 Å². The van der Waals surface area contributed by atoms with Crippen LogP contribution in [0.1, 0.15) is 25.3 Å². The number of anilines is 1. The number of ether oxygens (including phenoxy) is 4. The molecule has 0 radical (unpaired) electrons.